The molecule has 6 rings (SSSR count). The zero-order chi connectivity index (χ0) is 36.4. The number of nitrogens with one attached hydrogen (secondary N) is 1. The number of aromatic nitrogens is 3. The van der Waals surface area contributed by atoms with Crippen LogP contribution in [0, 0.1) is 0 Å². The third-order valence-corrected chi connectivity index (χ3v) is 9.79. The first-order valence-electron chi connectivity index (χ1n) is 17.4. The fourth-order valence-electron chi connectivity index (χ4n) is 7.24. The van der Waals surface area contributed by atoms with Gasteiger partial charge in [-0.05, 0) is 88.6 Å². The van der Waals surface area contributed by atoms with Crippen molar-refractivity contribution in [2.45, 2.75) is 78.6 Å². The molecular formula is C38H45N7O6. The summed E-state index contributed by atoms with van der Waals surface area (Å²) in [5.74, 6) is -0.0750. The molecule has 5 heterocycles. The highest BCUT2D eigenvalue weighted by Gasteiger charge is 2.33. The van der Waals surface area contributed by atoms with Crippen LogP contribution < -0.4 is 15.8 Å². The van der Waals surface area contributed by atoms with Gasteiger partial charge in [0.2, 0.25) is 5.91 Å². The van der Waals surface area contributed by atoms with E-state index in [1.165, 1.54) is 22.7 Å². The summed E-state index contributed by atoms with van der Waals surface area (Å²) in [6, 6.07) is 5.35. The Morgan fingerprint density at radius 2 is 1.84 bits per heavy atom. The summed E-state index contributed by atoms with van der Waals surface area (Å²) in [6.07, 6.45) is 10.7. The molecule has 1 fully saturated rings. The molecule has 268 valence electrons. The van der Waals surface area contributed by atoms with Gasteiger partial charge in [0, 0.05) is 61.8 Å². The molecule has 3 aromatic heterocycles. The van der Waals surface area contributed by atoms with Crippen LogP contribution in [0.4, 0.5) is 11.5 Å². The molecule has 13 nitrogen and oxygen atoms in total. The van der Waals surface area contributed by atoms with E-state index >= 15 is 0 Å². The molecule has 0 bridgehead atoms. The minimum Gasteiger partial charge on any atom is -0.461 e. The van der Waals surface area contributed by atoms with Crippen LogP contribution in [-0.2, 0) is 52.1 Å². The van der Waals surface area contributed by atoms with Crippen LogP contribution in [0.1, 0.15) is 67.8 Å². The Kier molecular flexibility index (Phi) is 10.4. The summed E-state index contributed by atoms with van der Waals surface area (Å²) in [6.45, 7) is 12.5. The first-order chi connectivity index (χ1) is 24.5. The SMILES string of the molecule is C=N/C(=C\C=C(/C)C(=O)N1[C@H](C)COC[C@@H]1C)Nc1cc(-c2ccnc(N3CCn4c(cc5c4CCCC5)C3=O)c2COC(C)=O)cn(C)c1=O. The molecule has 3 aliphatic rings. The van der Waals surface area contributed by atoms with Gasteiger partial charge in [-0.3, -0.25) is 24.1 Å². The van der Waals surface area contributed by atoms with Gasteiger partial charge in [-0.1, -0.05) is 6.08 Å². The minimum atomic E-state index is -0.476. The van der Waals surface area contributed by atoms with Crippen molar-refractivity contribution in [1.82, 2.24) is 19.0 Å². The minimum absolute atomic E-state index is 0.0567. The van der Waals surface area contributed by atoms with Gasteiger partial charge in [-0.2, -0.15) is 0 Å². The normalized spacial score (nSPS) is 19.4. The average Bonchev–Trinajstić information content (AvgIpc) is 3.50. The highest BCUT2D eigenvalue weighted by molar-refractivity contribution is 6.06. The predicted molar refractivity (Wildman–Crippen MR) is 195 cm³/mol. The largest absolute Gasteiger partial charge is 0.461 e. The van der Waals surface area contributed by atoms with E-state index in [2.05, 4.69) is 26.6 Å². The highest BCUT2D eigenvalue weighted by atomic mass is 16.5. The molecule has 0 aromatic carbocycles. The van der Waals surface area contributed by atoms with Crippen molar-refractivity contribution in [3.05, 3.63) is 87.0 Å². The maximum atomic E-state index is 14.0. The van der Waals surface area contributed by atoms with Gasteiger partial charge in [0.15, 0.2) is 0 Å². The lowest BCUT2D eigenvalue weighted by atomic mass is 9.98. The summed E-state index contributed by atoms with van der Waals surface area (Å²) < 4.78 is 14.6. The number of esters is 1. The molecular weight excluding hydrogens is 650 g/mol. The van der Waals surface area contributed by atoms with E-state index < -0.39 is 5.97 Å². The number of carbonyl (C=O) groups is 3. The van der Waals surface area contributed by atoms with Gasteiger partial charge in [0.05, 0.1) is 25.3 Å². The van der Waals surface area contributed by atoms with Crippen LogP contribution in [-0.4, -0.2) is 75.4 Å². The Labute approximate surface area is 297 Å². The quantitative estimate of drug-likeness (QED) is 0.151. The summed E-state index contributed by atoms with van der Waals surface area (Å²) >= 11 is 0. The van der Waals surface area contributed by atoms with E-state index in [0.29, 0.717) is 60.1 Å². The predicted octanol–water partition coefficient (Wildman–Crippen LogP) is 4.39. The molecule has 3 aromatic rings. The monoisotopic (exact) mass is 695 g/mol. The molecule has 2 amide bonds. The number of aliphatic imine (C=N–C) groups is 1. The molecule has 2 atom stereocenters. The van der Waals surface area contributed by atoms with Gasteiger partial charge < -0.3 is 28.8 Å². The lowest BCUT2D eigenvalue weighted by molar-refractivity contribution is -0.142. The number of morpholine rings is 1. The number of fused-ring (bicyclic) bond motifs is 3. The molecule has 1 saturated heterocycles. The lowest BCUT2D eigenvalue weighted by Gasteiger charge is -2.39. The molecule has 2 aliphatic heterocycles. The standard InChI is InChI=1S/C38H45N7O6/c1-23(36(47)45-24(2)20-50-21-25(45)3)11-12-34(39-5)41-31-17-28(19-42(6)37(31)48)29-13-14-40-35(30(29)22-51-26(4)46)44-16-15-43-32-10-8-7-9-27(32)18-33(43)38(44)49/h11-14,17-19,24-25,41H,5,7-10,15-16,20-22H2,1-4,6H3/b23-11+,34-12+/t24-,25+. The number of nitrogens with zero attached hydrogens (tertiary/aromatic N) is 6. The van der Waals surface area contributed by atoms with Crippen LogP contribution in [0.5, 0.6) is 0 Å². The molecule has 1 aliphatic carbocycles. The van der Waals surface area contributed by atoms with Crippen molar-refractivity contribution < 1.29 is 23.9 Å². The number of allylic oxidation sites excluding steroid dienone is 2. The summed E-state index contributed by atoms with van der Waals surface area (Å²) in [5.41, 5.74) is 5.30. The zero-order valence-electron chi connectivity index (χ0n) is 29.9. The summed E-state index contributed by atoms with van der Waals surface area (Å²) in [5, 5.41) is 3.07. The second kappa shape index (κ2) is 14.9. The number of pyridine rings is 2. The number of ether oxygens (including phenoxy) is 2. The Bertz CT molecular complexity index is 2000. The van der Waals surface area contributed by atoms with Gasteiger partial charge in [-0.15, -0.1) is 0 Å². The van der Waals surface area contributed by atoms with Gasteiger partial charge >= 0.3 is 5.97 Å². The van der Waals surface area contributed by atoms with E-state index in [9.17, 15) is 19.2 Å². The Morgan fingerprint density at radius 3 is 2.57 bits per heavy atom. The van der Waals surface area contributed by atoms with Crippen molar-refractivity contribution in [2.75, 3.05) is 30.0 Å². The number of amides is 2. The Balaban J connectivity index is 1.33. The van der Waals surface area contributed by atoms with Gasteiger partial charge in [0.25, 0.3) is 11.5 Å². The fourth-order valence-corrected chi connectivity index (χ4v) is 7.24. The maximum Gasteiger partial charge on any atom is 0.302 e. The lowest BCUT2D eigenvalue weighted by Crippen LogP contribution is -2.52. The molecule has 1 N–H and O–H groups in total. The second-order valence-electron chi connectivity index (χ2n) is 13.4. The molecule has 0 unspecified atom stereocenters. The average molecular weight is 696 g/mol. The highest BCUT2D eigenvalue weighted by Crippen LogP contribution is 2.35. The van der Waals surface area contributed by atoms with Crippen molar-refractivity contribution >= 4 is 36.0 Å². The Hall–Kier alpha value is -5.30. The third-order valence-electron chi connectivity index (χ3n) is 9.79. The summed E-state index contributed by atoms with van der Waals surface area (Å²) in [7, 11) is 1.63. The molecule has 0 spiro atoms. The van der Waals surface area contributed by atoms with Crippen molar-refractivity contribution in [2.24, 2.45) is 12.0 Å². The first kappa shape index (κ1) is 35.5. The van der Waals surface area contributed by atoms with E-state index in [-0.39, 0.29) is 47.6 Å². The number of rotatable bonds is 9. The molecule has 0 saturated carbocycles. The third kappa shape index (κ3) is 7.16. The van der Waals surface area contributed by atoms with E-state index in [4.69, 9.17) is 9.47 Å². The number of anilines is 2. The topological polar surface area (TPSA) is 140 Å². The maximum absolute atomic E-state index is 14.0. The van der Waals surface area contributed by atoms with Crippen molar-refractivity contribution in [3.63, 3.8) is 0 Å². The van der Waals surface area contributed by atoms with Gasteiger partial charge in [0.1, 0.15) is 29.6 Å². The van der Waals surface area contributed by atoms with Crippen molar-refractivity contribution in [3.8, 4) is 11.1 Å². The smallest absolute Gasteiger partial charge is 0.302 e. The van der Waals surface area contributed by atoms with Crippen molar-refractivity contribution in [1.29, 1.82) is 0 Å². The second-order valence-corrected chi connectivity index (χ2v) is 13.4. The van der Waals surface area contributed by atoms with Crippen LogP contribution >= 0.6 is 0 Å². The Morgan fingerprint density at radius 1 is 1.10 bits per heavy atom. The zero-order valence-corrected chi connectivity index (χ0v) is 29.9. The van der Waals surface area contributed by atoms with Gasteiger partial charge in [-0.25, -0.2) is 9.98 Å². The number of hydrogen-bond donors (Lipinski definition) is 1. The van der Waals surface area contributed by atoms with Crippen LogP contribution in [0.15, 0.2) is 63.9 Å². The number of carbonyl (C=O) groups excluding carboxylic acids is 3. The van der Waals surface area contributed by atoms with E-state index in [1.54, 1.807) is 55.5 Å². The molecule has 13 heteroatoms. The van der Waals surface area contributed by atoms with Crippen LogP contribution in [0.3, 0.4) is 0 Å². The van der Waals surface area contributed by atoms with E-state index in [0.717, 1.165) is 25.7 Å². The molecule has 51 heavy (non-hydrogen) atoms. The number of aryl methyl sites for hydroxylation is 2. The molecule has 0 radical (unpaired) electrons. The fraction of sp³-hybridized carbons (Fsp3) is 0.421. The van der Waals surface area contributed by atoms with Crippen LogP contribution in [0.25, 0.3) is 11.1 Å². The van der Waals surface area contributed by atoms with Crippen LogP contribution in [0.2, 0.25) is 0 Å². The summed E-state index contributed by atoms with van der Waals surface area (Å²) in [4.78, 5) is 64.8. The first-order valence-corrected chi connectivity index (χ1v) is 17.4. The number of hydrogen-bond acceptors (Lipinski definition) is 9. The van der Waals surface area contributed by atoms with E-state index in [1.807, 2.05) is 24.8 Å².